The molecule has 0 aromatic carbocycles. The Hall–Kier alpha value is -0.810. The molecule has 0 aliphatic carbocycles. The number of rotatable bonds is 3. The number of thiazole rings is 1. The van der Waals surface area contributed by atoms with Crippen molar-refractivity contribution in [3.63, 3.8) is 0 Å². The lowest BCUT2D eigenvalue weighted by Gasteiger charge is -1.92. The van der Waals surface area contributed by atoms with Gasteiger partial charge in [-0.2, -0.15) is 0 Å². The Morgan fingerprint density at radius 3 is 3.08 bits per heavy atom. The van der Waals surface area contributed by atoms with Gasteiger partial charge in [0.2, 0.25) is 0 Å². The van der Waals surface area contributed by atoms with Gasteiger partial charge in [-0.3, -0.25) is 0 Å². The number of H-pyrrole nitrogens is 1. The van der Waals surface area contributed by atoms with Crippen LogP contribution in [0, 0.1) is 6.92 Å². The highest BCUT2D eigenvalue weighted by atomic mass is 32.2. The highest BCUT2D eigenvalue weighted by Gasteiger charge is 2.00. The number of aromatic amines is 1. The summed E-state index contributed by atoms with van der Waals surface area (Å²) in [6, 6.07) is 0. The van der Waals surface area contributed by atoms with Crippen LogP contribution in [0.4, 0.5) is 0 Å². The average Bonchev–Trinajstić information content (AvgIpc) is 2.71. The number of nitrogens with one attached hydrogen (secondary N) is 1. The lowest BCUT2D eigenvalue weighted by Crippen LogP contribution is -1.78. The minimum absolute atomic E-state index is 0.895. The summed E-state index contributed by atoms with van der Waals surface area (Å²) in [6.07, 6.45) is 5.49. The van der Waals surface area contributed by atoms with Crippen molar-refractivity contribution in [1.82, 2.24) is 15.0 Å². The monoisotopic (exact) mass is 211 g/mol. The summed E-state index contributed by atoms with van der Waals surface area (Å²) in [5.41, 5.74) is 0. The number of hydrogen-bond acceptors (Lipinski definition) is 4. The zero-order valence-corrected chi connectivity index (χ0v) is 8.78. The second kappa shape index (κ2) is 3.93. The molecular weight excluding hydrogens is 202 g/mol. The Kier molecular flexibility index (Phi) is 2.65. The fourth-order valence-electron chi connectivity index (χ4n) is 0.928. The minimum atomic E-state index is 0.895. The van der Waals surface area contributed by atoms with Gasteiger partial charge in [0.1, 0.15) is 5.01 Å². The fraction of sp³-hybridized carbons (Fsp3) is 0.250. The maximum atomic E-state index is 4.27. The summed E-state index contributed by atoms with van der Waals surface area (Å²) in [4.78, 5) is 12.7. The lowest BCUT2D eigenvalue weighted by atomic mass is 10.6. The number of nitrogens with zero attached hydrogens (tertiary/aromatic N) is 2. The summed E-state index contributed by atoms with van der Waals surface area (Å²) in [6.45, 7) is 2.07. The first-order valence-corrected chi connectivity index (χ1v) is 5.68. The summed E-state index contributed by atoms with van der Waals surface area (Å²) < 4.78 is 0. The molecule has 0 saturated carbocycles. The standard InChI is InChI=1S/C8H9N3S2/c1-6-4-11-7(13-6)5-12-8-9-2-3-10-8/h2-4H,5H2,1H3,(H,9,10). The molecular formula is C8H9N3S2. The molecule has 3 nitrogen and oxygen atoms in total. The van der Waals surface area contributed by atoms with Crippen LogP contribution in [-0.2, 0) is 5.75 Å². The normalized spacial score (nSPS) is 10.5. The number of aryl methyl sites for hydroxylation is 1. The zero-order chi connectivity index (χ0) is 9.10. The summed E-state index contributed by atoms with van der Waals surface area (Å²) >= 11 is 3.41. The molecule has 2 aromatic heterocycles. The molecule has 68 valence electrons. The van der Waals surface area contributed by atoms with Gasteiger partial charge in [-0.25, -0.2) is 9.97 Å². The van der Waals surface area contributed by atoms with Crippen molar-refractivity contribution in [3.8, 4) is 0 Å². The van der Waals surface area contributed by atoms with Crippen LogP contribution in [0.5, 0.6) is 0 Å². The van der Waals surface area contributed by atoms with Gasteiger partial charge < -0.3 is 4.98 Å². The van der Waals surface area contributed by atoms with E-state index in [1.165, 1.54) is 4.88 Å². The molecule has 1 N–H and O–H groups in total. The van der Waals surface area contributed by atoms with E-state index < -0.39 is 0 Å². The molecule has 0 radical (unpaired) electrons. The molecule has 2 aromatic rings. The van der Waals surface area contributed by atoms with Crippen molar-refractivity contribution in [2.24, 2.45) is 0 Å². The third-order valence-corrected chi connectivity index (χ3v) is 3.48. The van der Waals surface area contributed by atoms with E-state index in [9.17, 15) is 0 Å². The van der Waals surface area contributed by atoms with Gasteiger partial charge in [0.25, 0.3) is 0 Å². The predicted molar refractivity (Wildman–Crippen MR) is 55.0 cm³/mol. The van der Waals surface area contributed by atoms with Gasteiger partial charge >= 0.3 is 0 Å². The van der Waals surface area contributed by atoms with Crippen molar-refractivity contribution in [2.45, 2.75) is 17.8 Å². The largest absolute Gasteiger partial charge is 0.340 e. The van der Waals surface area contributed by atoms with Crippen LogP contribution in [0.1, 0.15) is 9.88 Å². The van der Waals surface area contributed by atoms with E-state index in [2.05, 4.69) is 21.9 Å². The Bertz CT molecular complexity index is 366. The number of hydrogen-bond donors (Lipinski definition) is 1. The first kappa shape index (κ1) is 8.77. The van der Waals surface area contributed by atoms with Crippen LogP contribution in [-0.4, -0.2) is 15.0 Å². The zero-order valence-electron chi connectivity index (χ0n) is 7.15. The maximum Gasteiger partial charge on any atom is 0.165 e. The van der Waals surface area contributed by atoms with Crippen LogP contribution < -0.4 is 0 Å². The molecule has 0 aliphatic rings. The van der Waals surface area contributed by atoms with Crippen molar-refractivity contribution < 1.29 is 0 Å². The van der Waals surface area contributed by atoms with E-state index >= 15 is 0 Å². The summed E-state index contributed by atoms with van der Waals surface area (Å²) in [5.74, 6) is 0.895. The van der Waals surface area contributed by atoms with Crippen LogP contribution in [0.2, 0.25) is 0 Å². The van der Waals surface area contributed by atoms with Crippen LogP contribution >= 0.6 is 23.1 Å². The van der Waals surface area contributed by atoms with Gasteiger partial charge in [0.15, 0.2) is 5.16 Å². The molecule has 0 aliphatic heterocycles. The van der Waals surface area contributed by atoms with Gasteiger partial charge in [-0.1, -0.05) is 11.8 Å². The molecule has 0 amide bonds. The number of aromatic nitrogens is 3. The van der Waals surface area contributed by atoms with Gasteiger partial charge in [0.05, 0.1) is 5.75 Å². The molecule has 0 spiro atoms. The fourth-order valence-corrected chi connectivity index (χ4v) is 2.54. The number of imidazole rings is 1. The Balaban J connectivity index is 1.93. The van der Waals surface area contributed by atoms with E-state index in [1.54, 1.807) is 29.3 Å². The van der Waals surface area contributed by atoms with Gasteiger partial charge in [-0.15, -0.1) is 11.3 Å². The smallest absolute Gasteiger partial charge is 0.165 e. The lowest BCUT2D eigenvalue weighted by molar-refractivity contribution is 1.06. The third-order valence-electron chi connectivity index (χ3n) is 1.47. The molecule has 0 atom stereocenters. The second-order valence-electron chi connectivity index (χ2n) is 2.55. The Morgan fingerprint density at radius 1 is 1.54 bits per heavy atom. The van der Waals surface area contributed by atoms with E-state index in [-0.39, 0.29) is 0 Å². The average molecular weight is 211 g/mol. The topological polar surface area (TPSA) is 41.6 Å². The van der Waals surface area contributed by atoms with E-state index in [1.807, 2.05) is 12.4 Å². The molecule has 2 rings (SSSR count). The van der Waals surface area contributed by atoms with Crippen molar-refractivity contribution in [2.75, 3.05) is 0 Å². The van der Waals surface area contributed by atoms with Crippen LogP contribution in [0.3, 0.4) is 0 Å². The highest BCUT2D eigenvalue weighted by Crippen LogP contribution is 2.21. The maximum absolute atomic E-state index is 4.27. The molecule has 5 heteroatoms. The highest BCUT2D eigenvalue weighted by molar-refractivity contribution is 7.98. The molecule has 0 saturated heterocycles. The molecule has 0 bridgehead atoms. The summed E-state index contributed by atoms with van der Waals surface area (Å²) in [5, 5.41) is 2.10. The molecule has 13 heavy (non-hydrogen) atoms. The quantitative estimate of drug-likeness (QED) is 0.793. The van der Waals surface area contributed by atoms with Crippen LogP contribution in [0.25, 0.3) is 0 Å². The van der Waals surface area contributed by atoms with E-state index in [0.717, 1.165) is 15.9 Å². The van der Waals surface area contributed by atoms with Gasteiger partial charge in [0, 0.05) is 23.5 Å². The Labute approximate surface area is 84.6 Å². The molecule has 0 unspecified atom stereocenters. The third kappa shape index (κ3) is 2.32. The summed E-state index contributed by atoms with van der Waals surface area (Å²) in [7, 11) is 0. The number of thioether (sulfide) groups is 1. The van der Waals surface area contributed by atoms with Crippen molar-refractivity contribution in [1.29, 1.82) is 0 Å². The van der Waals surface area contributed by atoms with Crippen molar-refractivity contribution in [3.05, 3.63) is 28.5 Å². The predicted octanol–water partition coefficient (Wildman–Crippen LogP) is 2.47. The molecule has 0 fully saturated rings. The molecule has 2 heterocycles. The SMILES string of the molecule is Cc1cnc(CSc2ncc[nH]2)s1. The minimum Gasteiger partial charge on any atom is -0.340 e. The van der Waals surface area contributed by atoms with E-state index in [4.69, 9.17) is 0 Å². The van der Waals surface area contributed by atoms with Crippen molar-refractivity contribution >= 4 is 23.1 Å². The second-order valence-corrected chi connectivity index (χ2v) is 4.83. The first-order chi connectivity index (χ1) is 6.34. The first-order valence-electron chi connectivity index (χ1n) is 3.88. The van der Waals surface area contributed by atoms with Gasteiger partial charge in [-0.05, 0) is 6.92 Å². The van der Waals surface area contributed by atoms with E-state index in [0.29, 0.717) is 0 Å². The Morgan fingerprint density at radius 2 is 2.46 bits per heavy atom. The van der Waals surface area contributed by atoms with Crippen LogP contribution in [0.15, 0.2) is 23.7 Å².